The molecule has 0 aliphatic heterocycles. The monoisotopic (exact) mass is 378 g/mol. The predicted octanol–water partition coefficient (Wildman–Crippen LogP) is 1.99. The SMILES string of the molecule is CSC(N)=NC(N=Nc1c(O)n(C)c(=S)[nH]c1=O)=Nc1ccccn1. The highest BCUT2D eigenvalue weighted by Gasteiger charge is 2.10. The number of nitrogens with one attached hydrogen (secondary N) is 1. The number of azo groups is 1. The second kappa shape index (κ2) is 8.30. The van der Waals surface area contributed by atoms with Crippen molar-refractivity contribution >= 4 is 46.6 Å². The highest BCUT2D eigenvalue weighted by atomic mass is 32.2. The zero-order chi connectivity index (χ0) is 18.4. The third kappa shape index (κ3) is 4.81. The zero-order valence-corrected chi connectivity index (χ0v) is 14.9. The van der Waals surface area contributed by atoms with Gasteiger partial charge in [0.25, 0.3) is 11.5 Å². The van der Waals surface area contributed by atoms with Crippen molar-refractivity contribution in [2.45, 2.75) is 0 Å². The largest absolute Gasteiger partial charge is 0.493 e. The molecule has 0 aromatic carbocycles. The molecule has 0 aliphatic carbocycles. The Morgan fingerprint density at radius 2 is 2.24 bits per heavy atom. The maximum absolute atomic E-state index is 11.9. The van der Waals surface area contributed by atoms with E-state index < -0.39 is 11.4 Å². The van der Waals surface area contributed by atoms with Crippen molar-refractivity contribution < 1.29 is 5.11 Å². The minimum atomic E-state index is -0.691. The van der Waals surface area contributed by atoms with Gasteiger partial charge in [0.05, 0.1) is 0 Å². The van der Waals surface area contributed by atoms with Crippen LogP contribution in [0.25, 0.3) is 0 Å². The van der Waals surface area contributed by atoms with Crippen molar-refractivity contribution in [1.29, 1.82) is 0 Å². The van der Waals surface area contributed by atoms with Crippen LogP contribution >= 0.6 is 24.0 Å². The summed E-state index contributed by atoms with van der Waals surface area (Å²) in [5.41, 5.74) is 4.65. The van der Waals surface area contributed by atoms with E-state index in [0.717, 1.165) is 0 Å². The van der Waals surface area contributed by atoms with E-state index in [2.05, 4.69) is 30.2 Å². The fourth-order valence-corrected chi connectivity index (χ4v) is 1.87. The Kier molecular flexibility index (Phi) is 6.14. The van der Waals surface area contributed by atoms with Crippen LogP contribution in [0.3, 0.4) is 0 Å². The molecule has 4 N–H and O–H groups in total. The van der Waals surface area contributed by atoms with Crippen LogP contribution in [-0.4, -0.2) is 37.0 Å². The fraction of sp³-hybridized carbons (Fsp3) is 0.154. The second-order valence-corrected chi connectivity index (χ2v) is 5.66. The molecule has 0 atom stereocenters. The maximum atomic E-state index is 11.9. The molecular formula is C13H14N8O2S2. The number of aromatic nitrogens is 3. The molecule has 2 rings (SSSR count). The molecule has 2 heterocycles. The number of aromatic amines is 1. The molecule has 0 radical (unpaired) electrons. The van der Waals surface area contributed by atoms with Gasteiger partial charge in [-0.25, -0.2) is 4.98 Å². The van der Waals surface area contributed by atoms with E-state index in [4.69, 9.17) is 18.0 Å². The van der Waals surface area contributed by atoms with Gasteiger partial charge in [0.1, 0.15) is 0 Å². The van der Waals surface area contributed by atoms with E-state index in [1.807, 2.05) is 0 Å². The molecule has 12 heteroatoms. The highest BCUT2D eigenvalue weighted by Crippen LogP contribution is 2.20. The number of aliphatic imine (C=N–C) groups is 2. The average molecular weight is 378 g/mol. The van der Waals surface area contributed by atoms with Crippen LogP contribution < -0.4 is 11.3 Å². The van der Waals surface area contributed by atoms with Crippen molar-refractivity contribution in [3.63, 3.8) is 0 Å². The van der Waals surface area contributed by atoms with Gasteiger partial charge in [-0.3, -0.25) is 14.3 Å². The number of aromatic hydroxyl groups is 1. The number of nitrogens with two attached hydrogens (primary N) is 1. The molecule has 0 unspecified atom stereocenters. The number of hydrogen-bond donors (Lipinski definition) is 3. The number of thioether (sulfide) groups is 1. The molecule has 0 bridgehead atoms. The summed E-state index contributed by atoms with van der Waals surface area (Å²) in [6.45, 7) is 0. The predicted molar refractivity (Wildman–Crippen MR) is 99.5 cm³/mol. The van der Waals surface area contributed by atoms with Crippen LogP contribution in [0.15, 0.2) is 49.4 Å². The van der Waals surface area contributed by atoms with Gasteiger partial charge in [-0.05, 0) is 30.6 Å². The van der Waals surface area contributed by atoms with Gasteiger partial charge in [-0.2, -0.15) is 9.98 Å². The van der Waals surface area contributed by atoms with E-state index in [1.165, 1.54) is 23.4 Å². The first-order valence-electron chi connectivity index (χ1n) is 6.74. The summed E-state index contributed by atoms with van der Waals surface area (Å²) in [7, 11) is 1.47. The smallest absolute Gasteiger partial charge is 0.283 e. The molecule has 0 amide bonds. The lowest BCUT2D eigenvalue weighted by Gasteiger charge is -2.03. The molecule has 0 saturated heterocycles. The Balaban J connectivity index is 2.50. The second-order valence-electron chi connectivity index (χ2n) is 4.44. The minimum Gasteiger partial charge on any atom is -0.493 e. The molecular weight excluding hydrogens is 364 g/mol. The van der Waals surface area contributed by atoms with E-state index in [0.29, 0.717) is 5.82 Å². The van der Waals surface area contributed by atoms with Gasteiger partial charge in [0.2, 0.25) is 11.6 Å². The van der Waals surface area contributed by atoms with Crippen molar-refractivity contribution in [3.05, 3.63) is 39.5 Å². The molecule has 10 nitrogen and oxygen atoms in total. The summed E-state index contributed by atoms with van der Waals surface area (Å²) < 4.78 is 1.23. The van der Waals surface area contributed by atoms with Crippen LogP contribution in [-0.2, 0) is 7.05 Å². The number of amidine groups is 1. The average Bonchev–Trinajstić information content (AvgIpc) is 2.60. The van der Waals surface area contributed by atoms with Crippen molar-refractivity contribution in [1.82, 2.24) is 14.5 Å². The van der Waals surface area contributed by atoms with E-state index >= 15 is 0 Å². The summed E-state index contributed by atoms with van der Waals surface area (Å²) in [6, 6.07) is 5.10. The highest BCUT2D eigenvalue weighted by molar-refractivity contribution is 8.13. The Morgan fingerprint density at radius 3 is 2.88 bits per heavy atom. The van der Waals surface area contributed by atoms with Crippen LogP contribution in [0.4, 0.5) is 11.5 Å². The van der Waals surface area contributed by atoms with E-state index in [9.17, 15) is 9.90 Å². The number of pyridine rings is 1. The van der Waals surface area contributed by atoms with Crippen LogP contribution in [0, 0.1) is 4.77 Å². The third-order valence-electron chi connectivity index (χ3n) is 2.79. The summed E-state index contributed by atoms with van der Waals surface area (Å²) >= 11 is 6.07. The lowest BCUT2D eigenvalue weighted by molar-refractivity contribution is 0.422. The molecule has 25 heavy (non-hydrogen) atoms. The van der Waals surface area contributed by atoms with Gasteiger partial charge in [0, 0.05) is 13.2 Å². The lowest BCUT2D eigenvalue weighted by atomic mass is 10.5. The number of H-pyrrole nitrogens is 1. The zero-order valence-electron chi connectivity index (χ0n) is 13.2. The molecule has 0 aliphatic rings. The number of guanidine groups is 1. The van der Waals surface area contributed by atoms with Gasteiger partial charge >= 0.3 is 0 Å². The summed E-state index contributed by atoms with van der Waals surface area (Å²) in [5, 5.41) is 17.7. The quantitative estimate of drug-likeness (QED) is 0.315. The molecule has 130 valence electrons. The van der Waals surface area contributed by atoms with E-state index in [-0.39, 0.29) is 21.6 Å². The van der Waals surface area contributed by atoms with Gasteiger partial charge < -0.3 is 10.8 Å². The van der Waals surface area contributed by atoms with Gasteiger partial charge in [0.15, 0.2) is 15.8 Å². The number of hydrogen-bond acceptors (Lipinski definition) is 7. The standard InChI is InChI=1S/C13H14N8O2S2/c1-21-10(23)8(9(22)17-13(21)24)19-20-12(18-11(14)25-2)16-7-5-3-4-6-15-7/h3-6,23H,1-2H3,(H,17,22,24)(H2,14,15,16,18). The first-order valence-corrected chi connectivity index (χ1v) is 8.37. The van der Waals surface area contributed by atoms with Crippen LogP contribution in [0.5, 0.6) is 5.88 Å². The Morgan fingerprint density at radius 1 is 1.48 bits per heavy atom. The van der Waals surface area contributed by atoms with Crippen LogP contribution in [0.2, 0.25) is 0 Å². The minimum absolute atomic E-state index is 0.0495. The lowest BCUT2D eigenvalue weighted by Crippen LogP contribution is -2.11. The third-order valence-corrected chi connectivity index (χ3v) is 3.68. The normalized spacial score (nSPS) is 12.7. The number of nitrogens with zero attached hydrogens (tertiary/aromatic N) is 6. The summed E-state index contributed by atoms with van der Waals surface area (Å²) in [5.74, 6) is -0.232. The summed E-state index contributed by atoms with van der Waals surface area (Å²) in [4.78, 5) is 26.4. The molecule has 2 aromatic rings. The Hall–Kier alpha value is -2.86. The van der Waals surface area contributed by atoms with E-state index in [1.54, 1.807) is 30.7 Å². The number of rotatable bonds is 2. The van der Waals surface area contributed by atoms with Crippen molar-refractivity contribution in [3.8, 4) is 5.88 Å². The Bertz CT molecular complexity index is 962. The van der Waals surface area contributed by atoms with Crippen molar-refractivity contribution in [2.24, 2.45) is 33.0 Å². The first-order chi connectivity index (χ1) is 11.9. The molecule has 2 aromatic heterocycles. The fourth-order valence-electron chi connectivity index (χ4n) is 1.52. The van der Waals surface area contributed by atoms with Crippen LogP contribution in [0.1, 0.15) is 0 Å². The molecule has 0 spiro atoms. The maximum Gasteiger partial charge on any atom is 0.283 e. The molecule has 0 fully saturated rings. The topological polar surface area (TPSA) is 146 Å². The first kappa shape index (κ1) is 18.5. The van der Waals surface area contributed by atoms with Crippen molar-refractivity contribution in [2.75, 3.05) is 6.26 Å². The molecule has 0 saturated carbocycles. The summed E-state index contributed by atoms with van der Waals surface area (Å²) in [6.07, 6.45) is 3.28. The van der Waals surface area contributed by atoms with Gasteiger partial charge in [-0.15, -0.1) is 10.2 Å². The van der Waals surface area contributed by atoms with Gasteiger partial charge in [-0.1, -0.05) is 17.8 Å². The Labute approximate surface area is 151 Å².